The molecule has 1 heterocycles. The number of hydrogen-bond acceptors (Lipinski definition) is 4. The van der Waals surface area contributed by atoms with Gasteiger partial charge in [-0.2, -0.15) is 0 Å². The zero-order chi connectivity index (χ0) is 18.6. The molecule has 1 aliphatic rings. The average molecular weight is 373 g/mol. The second-order valence-electron chi connectivity index (χ2n) is 6.33. The molecule has 0 spiro atoms. The lowest BCUT2D eigenvalue weighted by molar-refractivity contribution is 0.0929. The molecule has 1 fully saturated rings. The molecule has 2 aromatic carbocycles. The van der Waals surface area contributed by atoms with Crippen LogP contribution in [0, 0.1) is 0 Å². The van der Waals surface area contributed by atoms with Gasteiger partial charge in [0.25, 0.3) is 15.9 Å². The van der Waals surface area contributed by atoms with Gasteiger partial charge in [0.05, 0.1) is 10.6 Å². The number of amides is 1. The van der Waals surface area contributed by atoms with Crippen LogP contribution in [0.3, 0.4) is 0 Å². The first kappa shape index (κ1) is 18.4. The maximum Gasteiger partial charge on any atom is 0.264 e. The number of hydrogen-bond donors (Lipinski definition) is 2. The second kappa shape index (κ2) is 7.88. The van der Waals surface area contributed by atoms with Crippen molar-refractivity contribution < 1.29 is 13.2 Å². The van der Waals surface area contributed by atoms with Gasteiger partial charge in [-0.1, -0.05) is 18.2 Å². The summed E-state index contributed by atoms with van der Waals surface area (Å²) in [4.78, 5) is 12.5. The summed E-state index contributed by atoms with van der Waals surface area (Å²) in [6.45, 7) is 1.79. The molecule has 2 N–H and O–H groups in total. The van der Waals surface area contributed by atoms with Crippen LogP contribution in [0.1, 0.15) is 23.2 Å². The van der Waals surface area contributed by atoms with Gasteiger partial charge < -0.3 is 10.6 Å². The van der Waals surface area contributed by atoms with E-state index in [9.17, 15) is 13.2 Å². The smallest absolute Gasteiger partial charge is 0.264 e. The Hall–Kier alpha value is -2.38. The van der Waals surface area contributed by atoms with Crippen molar-refractivity contribution in [2.24, 2.45) is 0 Å². The summed E-state index contributed by atoms with van der Waals surface area (Å²) in [6, 6.07) is 15.1. The zero-order valence-electron chi connectivity index (χ0n) is 14.7. The van der Waals surface area contributed by atoms with Crippen LogP contribution in [-0.2, 0) is 10.0 Å². The van der Waals surface area contributed by atoms with Gasteiger partial charge >= 0.3 is 0 Å². The maximum absolute atomic E-state index is 12.7. The first-order valence-electron chi connectivity index (χ1n) is 8.64. The minimum absolute atomic E-state index is 0.155. The third-order valence-corrected chi connectivity index (χ3v) is 6.37. The number of piperidine rings is 1. The van der Waals surface area contributed by atoms with Crippen molar-refractivity contribution in [3.05, 3.63) is 60.2 Å². The van der Waals surface area contributed by atoms with Crippen LogP contribution < -0.4 is 14.9 Å². The molecule has 0 radical (unpaired) electrons. The Morgan fingerprint density at radius 3 is 2.27 bits per heavy atom. The Balaban J connectivity index is 1.73. The fourth-order valence-electron chi connectivity index (χ4n) is 2.95. The molecule has 7 heteroatoms. The number of benzene rings is 2. The van der Waals surface area contributed by atoms with Crippen LogP contribution in [0.25, 0.3) is 0 Å². The molecule has 0 saturated carbocycles. The predicted molar refractivity (Wildman–Crippen MR) is 102 cm³/mol. The molecule has 0 aromatic heterocycles. The van der Waals surface area contributed by atoms with E-state index >= 15 is 0 Å². The number of nitrogens with zero attached hydrogens (tertiary/aromatic N) is 1. The molecule has 2 aromatic rings. The second-order valence-corrected chi connectivity index (χ2v) is 8.30. The van der Waals surface area contributed by atoms with Gasteiger partial charge in [-0.3, -0.25) is 9.10 Å². The topological polar surface area (TPSA) is 78.5 Å². The summed E-state index contributed by atoms with van der Waals surface area (Å²) in [7, 11) is -2.15. The Kier molecular flexibility index (Phi) is 5.58. The number of anilines is 1. The maximum atomic E-state index is 12.7. The summed E-state index contributed by atoms with van der Waals surface area (Å²) in [6.07, 6.45) is 1.81. The highest BCUT2D eigenvalue weighted by Gasteiger charge is 2.22. The third-order valence-electron chi connectivity index (χ3n) is 4.57. The third kappa shape index (κ3) is 4.05. The Morgan fingerprint density at radius 2 is 1.65 bits per heavy atom. The van der Waals surface area contributed by atoms with E-state index < -0.39 is 10.0 Å². The van der Waals surface area contributed by atoms with Crippen LogP contribution in [0.15, 0.2) is 59.5 Å². The number of sulfonamides is 1. The molecule has 6 nitrogen and oxygen atoms in total. The number of para-hydroxylation sites is 1. The number of nitrogens with one attached hydrogen (secondary N) is 2. The highest BCUT2D eigenvalue weighted by Crippen LogP contribution is 2.22. The van der Waals surface area contributed by atoms with Crippen LogP contribution >= 0.6 is 0 Å². The standard InChI is InChI=1S/C19H23N3O3S/c1-22(17-5-3-2-4-6-17)26(24,25)18-9-7-15(8-10-18)19(23)21-16-11-13-20-14-12-16/h2-10,16,20H,11-14H2,1H3,(H,21,23). The lowest BCUT2D eigenvalue weighted by atomic mass is 10.1. The summed E-state index contributed by atoms with van der Waals surface area (Å²) >= 11 is 0. The van der Waals surface area contributed by atoms with Gasteiger partial charge in [-0.25, -0.2) is 8.42 Å². The largest absolute Gasteiger partial charge is 0.349 e. The van der Waals surface area contributed by atoms with Crippen LogP contribution in [0.2, 0.25) is 0 Å². The van der Waals surface area contributed by atoms with Crippen LogP contribution in [-0.4, -0.2) is 40.5 Å². The summed E-state index contributed by atoms with van der Waals surface area (Å²) in [5, 5.41) is 6.26. The van der Waals surface area contributed by atoms with Crippen molar-refractivity contribution in [3.8, 4) is 0 Å². The van der Waals surface area contributed by atoms with Gasteiger partial charge in [0.1, 0.15) is 0 Å². The zero-order valence-corrected chi connectivity index (χ0v) is 15.5. The minimum Gasteiger partial charge on any atom is -0.349 e. The van der Waals surface area contributed by atoms with Gasteiger partial charge in [-0.05, 0) is 62.3 Å². The normalized spacial score (nSPS) is 15.4. The van der Waals surface area contributed by atoms with E-state index in [4.69, 9.17) is 0 Å². The monoisotopic (exact) mass is 373 g/mol. The Labute approximate surface area is 154 Å². The van der Waals surface area contributed by atoms with E-state index in [0.29, 0.717) is 11.3 Å². The van der Waals surface area contributed by atoms with E-state index in [0.717, 1.165) is 25.9 Å². The SMILES string of the molecule is CN(c1ccccc1)S(=O)(=O)c1ccc(C(=O)NC2CCNCC2)cc1. The van der Waals surface area contributed by atoms with E-state index in [1.807, 2.05) is 6.07 Å². The molecule has 1 amide bonds. The van der Waals surface area contributed by atoms with Crippen molar-refractivity contribution in [3.63, 3.8) is 0 Å². The lowest BCUT2D eigenvalue weighted by Gasteiger charge is -2.23. The fourth-order valence-corrected chi connectivity index (χ4v) is 4.14. The Morgan fingerprint density at radius 1 is 1.04 bits per heavy atom. The van der Waals surface area contributed by atoms with E-state index in [1.54, 1.807) is 36.4 Å². The number of rotatable bonds is 5. The van der Waals surface area contributed by atoms with Crippen molar-refractivity contribution in [1.29, 1.82) is 0 Å². The summed E-state index contributed by atoms with van der Waals surface area (Å²) in [5.41, 5.74) is 1.05. The highest BCUT2D eigenvalue weighted by molar-refractivity contribution is 7.92. The van der Waals surface area contributed by atoms with E-state index in [-0.39, 0.29) is 16.8 Å². The van der Waals surface area contributed by atoms with Gasteiger partial charge in [-0.15, -0.1) is 0 Å². The molecule has 1 aliphatic heterocycles. The fraction of sp³-hybridized carbons (Fsp3) is 0.316. The van der Waals surface area contributed by atoms with Gasteiger partial charge in [0, 0.05) is 18.7 Å². The molecule has 0 bridgehead atoms. The van der Waals surface area contributed by atoms with Crippen LogP contribution in [0.5, 0.6) is 0 Å². The van der Waals surface area contributed by atoms with Crippen LogP contribution in [0.4, 0.5) is 5.69 Å². The first-order chi connectivity index (χ1) is 12.5. The summed E-state index contributed by atoms with van der Waals surface area (Å²) in [5.74, 6) is -0.169. The average Bonchev–Trinajstić information content (AvgIpc) is 2.69. The first-order valence-corrected chi connectivity index (χ1v) is 10.1. The minimum atomic E-state index is -3.67. The molecular formula is C19H23N3O3S. The lowest BCUT2D eigenvalue weighted by Crippen LogP contribution is -2.42. The molecule has 138 valence electrons. The molecule has 26 heavy (non-hydrogen) atoms. The van der Waals surface area contributed by atoms with Gasteiger partial charge in [0.2, 0.25) is 0 Å². The number of carbonyl (C=O) groups is 1. The molecule has 0 unspecified atom stereocenters. The number of carbonyl (C=O) groups excluding carboxylic acids is 1. The van der Waals surface area contributed by atoms with Crippen molar-refractivity contribution >= 4 is 21.6 Å². The molecule has 0 atom stereocenters. The molecule has 0 aliphatic carbocycles. The predicted octanol–water partition coefficient (Wildman–Crippen LogP) is 1.99. The molecular weight excluding hydrogens is 350 g/mol. The quantitative estimate of drug-likeness (QED) is 0.840. The summed E-state index contributed by atoms with van der Waals surface area (Å²) < 4.78 is 26.7. The van der Waals surface area contributed by atoms with Crippen molar-refractivity contribution in [1.82, 2.24) is 10.6 Å². The van der Waals surface area contributed by atoms with E-state index in [1.165, 1.54) is 23.5 Å². The van der Waals surface area contributed by atoms with E-state index in [2.05, 4.69) is 10.6 Å². The molecule has 3 rings (SSSR count). The highest BCUT2D eigenvalue weighted by atomic mass is 32.2. The molecule has 1 saturated heterocycles. The van der Waals surface area contributed by atoms with Crippen molar-refractivity contribution in [2.45, 2.75) is 23.8 Å². The van der Waals surface area contributed by atoms with Crippen molar-refractivity contribution in [2.75, 3.05) is 24.4 Å². The van der Waals surface area contributed by atoms with Gasteiger partial charge in [0.15, 0.2) is 0 Å². The Bertz CT molecular complexity index is 845.